The van der Waals surface area contributed by atoms with Crippen LogP contribution in [0.4, 0.5) is 18.9 Å². The first kappa shape index (κ1) is 17.5. The fourth-order valence-corrected chi connectivity index (χ4v) is 3.44. The molecule has 1 aromatic carbocycles. The van der Waals surface area contributed by atoms with E-state index in [0.29, 0.717) is 5.56 Å². The van der Waals surface area contributed by atoms with E-state index < -0.39 is 11.7 Å². The van der Waals surface area contributed by atoms with Gasteiger partial charge in [-0.1, -0.05) is 26.3 Å². The maximum absolute atomic E-state index is 12.7. The van der Waals surface area contributed by atoms with Gasteiger partial charge in [-0.3, -0.25) is 4.79 Å². The van der Waals surface area contributed by atoms with Crippen LogP contribution in [0.1, 0.15) is 46.6 Å². The van der Waals surface area contributed by atoms with E-state index in [9.17, 15) is 18.0 Å². The second-order valence-electron chi connectivity index (χ2n) is 5.19. The average Bonchev–Trinajstić information content (AvgIpc) is 2.90. The van der Waals surface area contributed by atoms with Crippen molar-refractivity contribution in [2.75, 3.05) is 5.32 Å². The highest BCUT2D eigenvalue weighted by Crippen LogP contribution is 2.31. The van der Waals surface area contributed by atoms with E-state index >= 15 is 0 Å². The maximum Gasteiger partial charge on any atom is 0.416 e. The lowest BCUT2D eigenvalue weighted by Crippen LogP contribution is -2.14. The number of nitrogens with one attached hydrogen (secondary N) is 1. The van der Waals surface area contributed by atoms with Crippen molar-refractivity contribution < 1.29 is 18.0 Å². The fourth-order valence-electron chi connectivity index (χ4n) is 2.41. The van der Waals surface area contributed by atoms with Gasteiger partial charge >= 0.3 is 6.18 Å². The summed E-state index contributed by atoms with van der Waals surface area (Å²) in [5.41, 5.74) is 0.941. The normalized spacial score (nSPS) is 11.5. The second-order valence-corrected chi connectivity index (χ2v) is 6.15. The summed E-state index contributed by atoms with van der Waals surface area (Å²) in [7, 11) is 0. The number of rotatable bonds is 5. The van der Waals surface area contributed by atoms with Gasteiger partial charge in [0.25, 0.3) is 5.91 Å². The number of amides is 1. The Kier molecular flexibility index (Phi) is 5.46. The highest BCUT2D eigenvalue weighted by Gasteiger charge is 2.30. The number of benzene rings is 1. The Bertz CT molecular complexity index is 691. The molecule has 2 nitrogen and oxygen atoms in total. The summed E-state index contributed by atoms with van der Waals surface area (Å²) in [6.07, 6.45) is -1.88. The molecule has 0 unspecified atom stereocenters. The third-order valence-electron chi connectivity index (χ3n) is 3.49. The number of aryl methyl sites for hydroxylation is 1. The van der Waals surface area contributed by atoms with E-state index in [1.807, 2.05) is 13.8 Å². The van der Waals surface area contributed by atoms with Crippen LogP contribution in [0.25, 0.3) is 0 Å². The molecule has 0 saturated carbocycles. The molecular formula is C17H18F3NOS. The van der Waals surface area contributed by atoms with Crippen molar-refractivity contribution >= 4 is 22.9 Å². The lowest BCUT2D eigenvalue weighted by molar-refractivity contribution is -0.137. The quantitative estimate of drug-likeness (QED) is 0.761. The Morgan fingerprint density at radius 2 is 2.00 bits per heavy atom. The first-order valence-corrected chi connectivity index (χ1v) is 8.32. The molecule has 2 rings (SSSR count). The molecule has 0 aliphatic heterocycles. The minimum absolute atomic E-state index is 0.150. The number of hydrogen-bond donors (Lipinski definition) is 1. The summed E-state index contributed by atoms with van der Waals surface area (Å²) in [5.74, 6) is -0.358. The van der Waals surface area contributed by atoms with Crippen molar-refractivity contribution in [3.63, 3.8) is 0 Å². The monoisotopic (exact) mass is 341 g/mol. The number of halogens is 3. The molecule has 1 N–H and O–H groups in total. The van der Waals surface area contributed by atoms with Gasteiger partial charge in [0.05, 0.1) is 11.1 Å². The Morgan fingerprint density at radius 1 is 1.26 bits per heavy atom. The maximum atomic E-state index is 12.7. The molecule has 1 heterocycles. The van der Waals surface area contributed by atoms with Crippen LogP contribution in [-0.4, -0.2) is 5.91 Å². The van der Waals surface area contributed by atoms with Crippen LogP contribution in [0, 0.1) is 0 Å². The van der Waals surface area contributed by atoms with Crippen LogP contribution in [0.5, 0.6) is 0 Å². The van der Waals surface area contributed by atoms with Gasteiger partial charge in [-0.15, -0.1) is 11.3 Å². The summed E-state index contributed by atoms with van der Waals surface area (Å²) < 4.78 is 38.2. The van der Waals surface area contributed by atoms with Gasteiger partial charge in [-0.25, -0.2) is 0 Å². The van der Waals surface area contributed by atoms with Gasteiger partial charge in [0.1, 0.15) is 0 Å². The van der Waals surface area contributed by atoms with Crippen LogP contribution in [0.15, 0.2) is 29.6 Å². The minimum atomic E-state index is -4.42. The lowest BCUT2D eigenvalue weighted by Gasteiger charge is -2.10. The Morgan fingerprint density at radius 3 is 2.61 bits per heavy atom. The Hall–Kier alpha value is -1.82. The predicted octanol–water partition coefficient (Wildman–Crippen LogP) is 5.53. The van der Waals surface area contributed by atoms with Crippen LogP contribution < -0.4 is 5.32 Å². The summed E-state index contributed by atoms with van der Waals surface area (Å²) in [6.45, 7) is 4.06. The summed E-state index contributed by atoms with van der Waals surface area (Å²) in [6, 6.07) is 4.68. The zero-order chi connectivity index (χ0) is 17.0. The highest BCUT2D eigenvalue weighted by molar-refractivity contribution is 7.10. The standard InChI is InChI=1S/C17H18F3NOS/c1-3-6-13-14(10-23-15(13)4-2)16(22)21-12-8-5-7-11(9-12)17(18,19)20/h5,7-10H,3-4,6H2,1-2H3,(H,21,22). The lowest BCUT2D eigenvalue weighted by atomic mass is 10.0. The number of thiophene rings is 1. The van der Waals surface area contributed by atoms with Crippen molar-refractivity contribution in [3.05, 3.63) is 51.2 Å². The van der Waals surface area contributed by atoms with E-state index in [-0.39, 0.29) is 11.6 Å². The van der Waals surface area contributed by atoms with Crippen molar-refractivity contribution in [2.45, 2.75) is 39.3 Å². The summed E-state index contributed by atoms with van der Waals surface area (Å²) in [5, 5.41) is 4.36. The fraction of sp³-hybridized carbons (Fsp3) is 0.353. The molecular weight excluding hydrogens is 323 g/mol. The van der Waals surface area contributed by atoms with Crippen LogP contribution >= 0.6 is 11.3 Å². The third-order valence-corrected chi connectivity index (χ3v) is 4.67. The van der Waals surface area contributed by atoms with Crippen molar-refractivity contribution in [2.24, 2.45) is 0 Å². The SMILES string of the molecule is CCCc1c(C(=O)Nc2cccc(C(F)(F)F)c2)csc1CC. The molecule has 1 amide bonds. The average molecular weight is 341 g/mol. The Balaban J connectivity index is 2.24. The van der Waals surface area contributed by atoms with Crippen LogP contribution in [0.3, 0.4) is 0 Å². The Labute approximate surface area is 137 Å². The summed E-state index contributed by atoms with van der Waals surface area (Å²) in [4.78, 5) is 13.6. The molecule has 0 atom stereocenters. The zero-order valence-corrected chi connectivity index (χ0v) is 13.8. The highest BCUT2D eigenvalue weighted by atomic mass is 32.1. The van der Waals surface area contributed by atoms with E-state index in [0.717, 1.165) is 41.8 Å². The second kappa shape index (κ2) is 7.17. The third kappa shape index (κ3) is 4.13. The summed E-state index contributed by atoms with van der Waals surface area (Å²) >= 11 is 1.52. The first-order valence-electron chi connectivity index (χ1n) is 7.44. The van der Waals surface area contributed by atoms with E-state index in [2.05, 4.69) is 5.32 Å². The number of carbonyl (C=O) groups excluding carboxylic acids is 1. The molecule has 23 heavy (non-hydrogen) atoms. The topological polar surface area (TPSA) is 29.1 Å². The molecule has 0 saturated heterocycles. The first-order chi connectivity index (χ1) is 10.9. The largest absolute Gasteiger partial charge is 0.416 e. The van der Waals surface area contributed by atoms with Crippen LogP contribution in [-0.2, 0) is 19.0 Å². The van der Waals surface area contributed by atoms with Crippen LogP contribution in [0.2, 0.25) is 0 Å². The van der Waals surface area contributed by atoms with Crippen molar-refractivity contribution in [1.82, 2.24) is 0 Å². The minimum Gasteiger partial charge on any atom is -0.322 e. The predicted molar refractivity (Wildman–Crippen MR) is 87.1 cm³/mol. The molecule has 0 aliphatic rings. The van der Waals surface area contributed by atoms with E-state index in [1.165, 1.54) is 23.5 Å². The van der Waals surface area contributed by atoms with E-state index in [1.54, 1.807) is 5.38 Å². The number of anilines is 1. The van der Waals surface area contributed by atoms with Gasteiger partial charge in [-0.2, -0.15) is 13.2 Å². The molecule has 6 heteroatoms. The molecule has 2 aromatic rings. The molecule has 0 aliphatic carbocycles. The zero-order valence-electron chi connectivity index (χ0n) is 13.0. The number of alkyl halides is 3. The van der Waals surface area contributed by atoms with E-state index in [4.69, 9.17) is 0 Å². The van der Waals surface area contributed by atoms with Gasteiger partial charge in [0.2, 0.25) is 0 Å². The van der Waals surface area contributed by atoms with Gasteiger partial charge in [0, 0.05) is 15.9 Å². The molecule has 1 aromatic heterocycles. The number of hydrogen-bond acceptors (Lipinski definition) is 2. The molecule has 0 bridgehead atoms. The van der Waals surface area contributed by atoms with Gasteiger partial charge in [0.15, 0.2) is 0 Å². The number of carbonyl (C=O) groups is 1. The smallest absolute Gasteiger partial charge is 0.322 e. The molecule has 0 radical (unpaired) electrons. The van der Waals surface area contributed by atoms with Crippen molar-refractivity contribution in [3.8, 4) is 0 Å². The van der Waals surface area contributed by atoms with Gasteiger partial charge in [-0.05, 0) is 36.6 Å². The van der Waals surface area contributed by atoms with Crippen molar-refractivity contribution in [1.29, 1.82) is 0 Å². The van der Waals surface area contributed by atoms with Gasteiger partial charge < -0.3 is 5.32 Å². The molecule has 124 valence electrons. The molecule has 0 spiro atoms. The molecule has 0 fully saturated rings.